The minimum absolute atomic E-state index is 0.0769. The van der Waals surface area contributed by atoms with Crippen LogP contribution in [0.25, 0.3) is 11.2 Å². The van der Waals surface area contributed by atoms with Gasteiger partial charge in [-0.25, -0.2) is 19.3 Å². The molecular weight excluding hydrogens is 465 g/mol. The number of H-pyrrole nitrogens is 1. The van der Waals surface area contributed by atoms with E-state index in [-0.39, 0.29) is 36.2 Å². The van der Waals surface area contributed by atoms with Crippen molar-refractivity contribution in [2.75, 3.05) is 23.7 Å². The molecule has 0 spiro atoms. The van der Waals surface area contributed by atoms with E-state index in [9.17, 15) is 14.0 Å². The maximum atomic E-state index is 14.6. The molecule has 6 N–H and O–H groups in total. The molecule has 1 aliphatic heterocycles. The highest BCUT2D eigenvalue weighted by Crippen LogP contribution is 2.32. The summed E-state index contributed by atoms with van der Waals surface area (Å²) in [5, 5.41) is 2.78. The Morgan fingerprint density at radius 1 is 1.28 bits per heavy atom. The molecule has 186 valence electrons. The highest BCUT2D eigenvalue weighted by atomic mass is 19.1. The van der Waals surface area contributed by atoms with E-state index in [0.717, 1.165) is 11.3 Å². The highest BCUT2D eigenvalue weighted by molar-refractivity contribution is 5.88. The SMILES string of the molecule is Cc1c(F)ccc(N2CC[C@](N)(C(=O)NCc3ccc[nH]c3=O)C2)c1Cn1cnc2c(N)ncnc21. The molecular formula is C24H26FN9O2. The molecule has 1 atom stereocenters. The van der Waals surface area contributed by atoms with Gasteiger partial charge in [0.15, 0.2) is 11.5 Å². The Bertz CT molecular complexity index is 1520. The van der Waals surface area contributed by atoms with Gasteiger partial charge >= 0.3 is 0 Å². The van der Waals surface area contributed by atoms with Crippen molar-refractivity contribution in [3.63, 3.8) is 0 Å². The molecule has 4 heterocycles. The second-order valence-electron chi connectivity index (χ2n) is 9.01. The van der Waals surface area contributed by atoms with Gasteiger partial charge < -0.3 is 31.2 Å². The summed E-state index contributed by atoms with van der Waals surface area (Å²) in [5.74, 6) is -0.413. The van der Waals surface area contributed by atoms with Gasteiger partial charge in [-0.15, -0.1) is 0 Å². The fraction of sp³-hybridized carbons (Fsp3) is 0.292. The normalized spacial score (nSPS) is 17.6. The molecule has 0 unspecified atom stereocenters. The summed E-state index contributed by atoms with van der Waals surface area (Å²) in [7, 11) is 0. The van der Waals surface area contributed by atoms with E-state index in [1.165, 1.54) is 18.6 Å². The second kappa shape index (κ2) is 9.04. The molecule has 1 aliphatic rings. The van der Waals surface area contributed by atoms with Crippen LogP contribution in [0.15, 0.2) is 47.9 Å². The van der Waals surface area contributed by atoms with Crippen molar-refractivity contribution in [2.24, 2.45) is 5.73 Å². The van der Waals surface area contributed by atoms with Gasteiger partial charge in [-0.2, -0.15) is 0 Å². The largest absolute Gasteiger partial charge is 0.382 e. The lowest BCUT2D eigenvalue weighted by molar-refractivity contribution is -0.125. The van der Waals surface area contributed by atoms with Gasteiger partial charge in [0.05, 0.1) is 12.9 Å². The van der Waals surface area contributed by atoms with Crippen LogP contribution < -0.4 is 27.2 Å². The predicted octanol–water partition coefficient (Wildman–Crippen LogP) is 0.817. The van der Waals surface area contributed by atoms with Crippen molar-refractivity contribution in [3.05, 3.63) is 76.0 Å². The lowest BCUT2D eigenvalue weighted by Crippen LogP contribution is -2.55. The number of hydrogen-bond donors (Lipinski definition) is 4. The molecule has 1 aromatic carbocycles. The van der Waals surface area contributed by atoms with Gasteiger partial charge in [0.2, 0.25) is 5.91 Å². The number of nitrogens with two attached hydrogens (primary N) is 2. The van der Waals surface area contributed by atoms with Crippen molar-refractivity contribution < 1.29 is 9.18 Å². The van der Waals surface area contributed by atoms with Crippen LogP contribution >= 0.6 is 0 Å². The van der Waals surface area contributed by atoms with Gasteiger partial charge in [-0.3, -0.25) is 9.59 Å². The number of pyridine rings is 1. The number of hydrogen-bond acceptors (Lipinski definition) is 8. The van der Waals surface area contributed by atoms with Crippen molar-refractivity contribution in [2.45, 2.75) is 32.0 Å². The molecule has 0 aliphatic carbocycles. The third-order valence-corrected chi connectivity index (χ3v) is 6.70. The van der Waals surface area contributed by atoms with Crippen LogP contribution in [0, 0.1) is 12.7 Å². The summed E-state index contributed by atoms with van der Waals surface area (Å²) in [5.41, 5.74) is 14.5. The van der Waals surface area contributed by atoms with Gasteiger partial charge in [0.1, 0.15) is 23.2 Å². The molecule has 1 fully saturated rings. The number of imidazole rings is 1. The van der Waals surface area contributed by atoms with E-state index in [2.05, 4.69) is 25.3 Å². The number of nitrogens with zero attached hydrogens (tertiary/aromatic N) is 5. The second-order valence-corrected chi connectivity index (χ2v) is 9.01. The molecule has 0 saturated carbocycles. The fourth-order valence-corrected chi connectivity index (χ4v) is 4.57. The molecule has 4 aromatic rings. The molecule has 1 saturated heterocycles. The smallest absolute Gasteiger partial charge is 0.252 e. The van der Waals surface area contributed by atoms with Crippen LogP contribution in [0.5, 0.6) is 0 Å². The quantitative estimate of drug-likeness (QED) is 0.308. The van der Waals surface area contributed by atoms with Crippen LogP contribution in [-0.2, 0) is 17.9 Å². The predicted molar refractivity (Wildman–Crippen MR) is 133 cm³/mol. The van der Waals surface area contributed by atoms with Gasteiger partial charge in [0.25, 0.3) is 5.56 Å². The fourth-order valence-electron chi connectivity index (χ4n) is 4.57. The number of nitrogens with one attached hydrogen (secondary N) is 2. The zero-order valence-corrected chi connectivity index (χ0v) is 19.7. The topological polar surface area (TPSA) is 161 Å². The van der Waals surface area contributed by atoms with E-state index >= 15 is 0 Å². The monoisotopic (exact) mass is 491 g/mol. The summed E-state index contributed by atoms with van der Waals surface area (Å²) in [4.78, 5) is 42.0. The Hall–Kier alpha value is -4.32. The Morgan fingerprint density at radius 2 is 2.11 bits per heavy atom. The first-order valence-electron chi connectivity index (χ1n) is 11.4. The summed E-state index contributed by atoms with van der Waals surface area (Å²) in [6.45, 7) is 2.83. The first kappa shape index (κ1) is 23.4. The molecule has 5 rings (SSSR count). The van der Waals surface area contributed by atoms with Crippen LogP contribution in [0.2, 0.25) is 0 Å². The Balaban J connectivity index is 1.39. The Morgan fingerprint density at radius 3 is 2.92 bits per heavy atom. The minimum atomic E-state index is -1.16. The lowest BCUT2D eigenvalue weighted by atomic mass is 9.98. The summed E-state index contributed by atoms with van der Waals surface area (Å²) >= 11 is 0. The summed E-state index contributed by atoms with van der Waals surface area (Å²) in [6, 6.07) is 6.46. The highest BCUT2D eigenvalue weighted by Gasteiger charge is 2.41. The Labute approximate surface area is 205 Å². The minimum Gasteiger partial charge on any atom is -0.382 e. The number of carbonyl (C=O) groups excluding carboxylic acids is 1. The third-order valence-electron chi connectivity index (χ3n) is 6.70. The van der Waals surface area contributed by atoms with Crippen LogP contribution in [0.1, 0.15) is 23.1 Å². The number of fused-ring (bicyclic) bond motifs is 1. The molecule has 0 bridgehead atoms. The summed E-state index contributed by atoms with van der Waals surface area (Å²) in [6.07, 6.45) is 4.89. The lowest BCUT2D eigenvalue weighted by Gasteiger charge is -2.27. The summed E-state index contributed by atoms with van der Waals surface area (Å²) < 4.78 is 16.4. The number of aromatic nitrogens is 5. The molecule has 1 amide bonds. The number of halogens is 1. The average Bonchev–Trinajstić information content (AvgIpc) is 3.47. The number of amides is 1. The average molecular weight is 492 g/mol. The van der Waals surface area contributed by atoms with E-state index in [1.54, 1.807) is 36.0 Å². The molecule has 11 nitrogen and oxygen atoms in total. The van der Waals surface area contributed by atoms with Crippen LogP contribution in [-0.4, -0.2) is 49.0 Å². The van der Waals surface area contributed by atoms with E-state index < -0.39 is 5.54 Å². The maximum absolute atomic E-state index is 14.6. The van der Waals surface area contributed by atoms with Gasteiger partial charge in [0, 0.05) is 42.6 Å². The number of benzene rings is 1. The standard InChI is InChI=1S/C24H26FN9O2/c1-14-16(10-34-13-32-19-20(26)30-12-31-21(19)34)18(5-4-17(14)25)33-8-6-24(27,11-33)23(36)29-9-15-3-2-7-28-22(15)35/h2-5,7,12-13H,6,8-11,27H2,1H3,(H,28,35)(H,29,36)(H2,26,30,31)/t24-/m1/s1. The Kier molecular flexibility index (Phi) is 5.88. The number of anilines is 2. The number of carbonyl (C=O) groups is 1. The van der Waals surface area contributed by atoms with E-state index in [1.807, 2.05) is 4.90 Å². The van der Waals surface area contributed by atoms with Gasteiger partial charge in [-0.05, 0) is 37.1 Å². The zero-order valence-electron chi connectivity index (χ0n) is 19.7. The first-order valence-corrected chi connectivity index (χ1v) is 11.4. The molecule has 36 heavy (non-hydrogen) atoms. The number of rotatable bonds is 6. The molecule has 12 heteroatoms. The van der Waals surface area contributed by atoms with Crippen molar-refractivity contribution in [1.82, 2.24) is 29.8 Å². The number of nitrogen functional groups attached to an aromatic ring is 1. The van der Waals surface area contributed by atoms with Gasteiger partial charge in [-0.1, -0.05) is 6.07 Å². The van der Waals surface area contributed by atoms with Crippen molar-refractivity contribution in [3.8, 4) is 0 Å². The van der Waals surface area contributed by atoms with Crippen molar-refractivity contribution >= 4 is 28.6 Å². The van der Waals surface area contributed by atoms with Crippen LogP contribution in [0.3, 0.4) is 0 Å². The third kappa shape index (κ3) is 4.15. The molecule has 0 radical (unpaired) electrons. The van der Waals surface area contributed by atoms with E-state index in [4.69, 9.17) is 11.5 Å². The number of aromatic amines is 1. The van der Waals surface area contributed by atoms with Crippen molar-refractivity contribution in [1.29, 1.82) is 0 Å². The van der Waals surface area contributed by atoms with Crippen LogP contribution in [0.4, 0.5) is 15.9 Å². The first-order chi connectivity index (χ1) is 17.3. The zero-order chi connectivity index (χ0) is 25.4. The van der Waals surface area contributed by atoms with E-state index in [0.29, 0.717) is 41.8 Å². The molecule has 3 aromatic heterocycles. The maximum Gasteiger partial charge on any atom is 0.252 e.